The van der Waals surface area contributed by atoms with E-state index < -0.39 is 16.5 Å². The highest BCUT2D eigenvalue weighted by molar-refractivity contribution is 7.80. The zero-order valence-electron chi connectivity index (χ0n) is 14.1. The number of hydrogen-bond acceptors (Lipinski definition) is 3. The Morgan fingerprint density at radius 1 is 0.962 bits per heavy atom. The van der Waals surface area contributed by atoms with E-state index in [2.05, 4.69) is 24.3 Å². The second-order valence-electron chi connectivity index (χ2n) is 6.85. The van der Waals surface area contributed by atoms with Crippen molar-refractivity contribution in [3.8, 4) is 0 Å². The standard InChI is InChI=1S/C21H16O4S/c1-12-6-7-14-10-18-15-5-3-2-4-13(15)8-9-16(18)21-19(25-26(22,23)24)11-17(12)20(14)21/h2-10,19H,11H2,1H3,(H,22,23,24). The van der Waals surface area contributed by atoms with E-state index in [0.29, 0.717) is 6.42 Å². The minimum Gasteiger partial charge on any atom is -0.264 e. The third kappa shape index (κ3) is 2.25. The molecule has 4 nitrogen and oxygen atoms in total. The molecule has 1 unspecified atom stereocenters. The molecule has 26 heavy (non-hydrogen) atoms. The number of benzene rings is 4. The predicted molar refractivity (Wildman–Crippen MR) is 103 cm³/mol. The Balaban J connectivity index is 1.95. The summed E-state index contributed by atoms with van der Waals surface area (Å²) in [7, 11) is -4.55. The van der Waals surface area contributed by atoms with Gasteiger partial charge in [0.05, 0.1) is 0 Å². The van der Waals surface area contributed by atoms with E-state index in [0.717, 1.165) is 49.0 Å². The summed E-state index contributed by atoms with van der Waals surface area (Å²) in [6.45, 7) is 2.01. The summed E-state index contributed by atoms with van der Waals surface area (Å²) in [5.74, 6) is 0. The highest BCUT2D eigenvalue weighted by atomic mass is 32.3. The van der Waals surface area contributed by atoms with Gasteiger partial charge in [0.15, 0.2) is 0 Å². The topological polar surface area (TPSA) is 63.6 Å². The Labute approximate surface area is 151 Å². The molecule has 0 aromatic heterocycles. The molecule has 1 N–H and O–H groups in total. The molecule has 1 aliphatic rings. The van der Waals surface area contributed by atoms with E-state index in [9.17, 15) is 13.0 Å². The number of hydrogen-bond donors (Lipinski definition) is 1. The van der Waals surface area contributed by atoms with Gasteiger partial charge in [-0.25, -0.2) is 4.18 Å². The first-order chi connectivity index (χ1) is 12.4. The Kier molecular flexibility index (Phi) is 3.19. The van der Waals surface area contributed by atoms with Crippen molar-refractivity contribution in [1.82, 2.24) is 0 Å². The van der Waals surface area contributed by atoms with E-state index in [-0.39, 0.29) is 0 Å². The fourth-order valence-corrected chi connectivity index (χ4v) is 4.76. The van der Waals surface area contributed by atoms with Gasteiger partial charge in [-0.3, -0.25) is 4.55 Å². The maximum absolute atomic E-state index is 11.4. The predicted octanol–water partition coefficient (Wildman–Crippen LogP) is 4.87. The summed E-state index contributed by atoms with van der Waals surface area (Å²) in [6, 6.07) is 18.5. The fourth-order valence-electron chi connectivity index (χ4n) is 4.30. The summed E-state index contributed by atoms with van der Waals surface area (Å²) in [4.78, 5) is 0. The second kappa shape index (κ2) is 5.27. The molecule has 1 atom stereocenters. The minimum absolute atomic E-state index is 0.435. The van der Waals surface area contributed by atoms with Crippen molar-refractivity contribution in [3.05, 3.63) is 71.3 Å². The molecule has 0 fully saturated rings. The SMILES string of the molecule is Cc1ccc2cc3c(ccc4ccccc43)c3c2c1CC3OS(=O)(=O)O. The van der Waals surface area contributed by atoms with Crippen LogP contribution < -0.4 is 0 Å². The van der Waals surface area contributed by atoms with E-state index >= 15 is 0 Å². The average molecular weight is 364 g/mol. The number of rotatable bonds is 2. The molecule has 4 aromatic rings. The molecule has 0 spiro atoms. The largest absolute Gasteiger partial charge is 0.397 e. The van der Waals surface area contributed by atoms with Crippen LogP contribution in [0.4, 0.5) is 0 Å². The van der Waals surface area contributed by atoms with Crippen LogP contribution in [0.3, 0.4) is 0 Å². The third-order valence-corrected chi connectivity index (χ3v) is 5.83. The molecule has 0 heterocycles. The highest BCUT2D eigenvalue weighted by Gasteiger charge is 2.32. The van der Waals surface area contributed by atoms with Gasteiger partial charge in [0.1, 0.15) is 6.10 Å². The van der Waals surface area contributed by atoms with Crippen molar-refractivity contribution in [3.63, 3.8) is 0 Å². The number of aryl methyl sites for hydroxylation is 1. The zero-order valence-corrected chi connectivity index (χ0v) is 14.9. The number of fused-ring (bicyclic) bond motifs is 4. The summed E-state index contributed by atoms with van der Waals surface area (Å²) in [5, 5.41) is 6.37. The smallest absolute Gasteiger partial charge is 0.264 e. The second-order valence-corrected chi connectivity index (χ2v) is 7.90. The van der Waals surface area contributed by atoms with Crippen LogP contribution in [0.5, 0.6) is 0 Å². The Hall–Kier alpha value is -2.47. The van der Waals surface area contributed by atoms with Gasteiger partial charge in [0, 0.05) is 6.42 Å². The van der Waals surface area contributed by atoms with Crippen LogP contribution in [0.2, 0.25) is 0 Å². The lowest BCUT2D eigenvalue weighted by Crippen LogP contribution is -2.10. The molecule has 5 rings (SSSR count). The van der Waals surface area contributed by atoms with Crippen molar-refractivity contribution >= 4 is 42.7 Å². The van der Waals surface area contributed by atoms with Gasteiger partial charge >= 0.3 is 10.4 Å². The quantitative estimate of drug-likeness (QED) is 0.313. The Morgan fingerprint density at radius 3 is 2.54 bits per heavy atom. The normalized spacial score (nSPS) is 16.8. The van der Waals surface area contributed by atoms with Crippen LogP contribution in [0.25, 0.3) is 32.3 Å². The van der Waals surface area contributed by atoms with Crippen molar-refractivity contribution in [1.29, 1.82) is 0 Å². The maximum Gasteiger partial charge on any atom is 0.397 e. The average Bonchev–Trinajstić information content (AvgIpc) is 2.97. The van der Waals surface area contributed by atoms with E-state index in [1.807, 2.05) is 37.3 Å². The Morgan fingerprint density at radius 2 is 1.73 bits per heavy atom. The summed E-state index contributed by atoms with van der Waals surface area (Å²) < 4.78 is 37.2. The van der Waals surface area contributed by atoms with Crippen LogP contribution in [-0.4, -0.2) is 13.0 Å². The molecule has 0 aliphatic heterocycles. The van der Waals surface area contributed by atoms with Gasteiger partial charge in [0.25, 0.3) is 0 Å². The molecular weight excluding hydrogens is 348 g/mol. The summed E-state index contributed by atoms with van der Waals surface area (Å²) in [5.41, 5.74) is 3.03. The summed E-state index contributed by atoms with van der Waals surface area (Å²) >= 11 is 0. The first-order valence-corrected chi connectivity index (χ1v) is 9.81. The summed E-state index contributed by atoms with van der Waals surface area (Å²) in [6.07, 6.45) is -0.280. The monoisotopic (exact) mass is 364 g/mol. The van der Waals surface area contributed by atoms with Crippen LogP contribution in [0.1, 0.15) is 22.8 Å². The van der Waals surface area contributed by atoms with Gasteiger partial charge < -0.3 is 0 Å². The van der Waals surface area contributed by atoms with E-state index in [1.54, 1.807) is 0 Å². The molecule has 4 aromatic carbocycles. The highest BCUT2D eigenvalue weighted by Crippen LogP contribution is 2.46. The lowest BCUT2D eigenvalue weighted by Gasteiger charge is -2.14. The maximum atomic E-state index is 11.4. The molecular formula is C21H16O4S. The zero-order chi connectivity index (χ0) is 18.1. The lowest BCUT2D eigenvalue weighted by atomic mass is 9.93. The van der Waals surface area contributed by atoms with Crippen molar-refractivity contribution in [2.45, 2.75) is 19.4 Å². The minimum atomic E-state index is -4.55. The van der Waals surface area contributed by atoms with Crippen molar-refractivity contribution in [2.24, 2.45) is 0 Å². The Bertz CT molecular complexity index is 1320. The van der Waals surface area contributed by atoms with Gasteiger partial charge in [0.2, 0.25) is 0 Å². The first kappa shape index (κ1) is 15.8. The van der Waals surface area contributed by atoms with Crippen LogP contribution in [-0.2, 0) is 21.0 Å². The van der Waals surface area contributed by atoms with Crippen LogP contribution >= 0.6 is 0 Å². The van der Waals surface area contributed by atoms with Crippen molar-refractivity contribution < 1.29 is 17.2 Å². The molecule has 5 heteroatoms. The first-order valence-electron chi connectivity index (χ1n) is 8.44. The molecule has 1 aliphatic carbocycles. The van der Waals surface area contributed by atoms with Crippen LogP contribution in [0, 0.1) is 6.92 Å². The molecule has 0 radical (unpaired) electrons. The van der Waals surface area contributed by atoms with Crippen molar-refractivity contribution in [2.75, 3.05) is 0 Å². The molecule has 130 valence electrons. The fraction of sp³-hybridized carbons (Fsp3) is 0.143. The van der Waals surface area contributed by atoms with Gasteiger partial charge in [-0.2, -0.15) is 8.42 Å². The van der Waals surface area contributed by atoms with E-state index in [1.165, 1.54) is 0 Å². The van der Waals surface area contributed by atoms with E-state index in [4.69, 9.17) is 4.18 Å². The van der Waals surface area contributed by atoms with Gasteiger partial charge in [-0.1, -0.05) is 48.5 Å². The molecule has 0 saturated carbocycles. The molecule has 0 saturated heterocycles. The van der Waals surface area contributed by atoms with Crippen LogP contribution in [0.15, 0.2) is 54.6 Å². The van der Waals surface area contributed by atoms with Gasteiger partial charge in [-0.15, -0.1) is 0 Å². The molecule has 0 amide bonds. The third-order valence-electron chi connectivity index (χ3n) is 5.36. The lowest BCUT2D eigenvalue weighted by molar-refractivity contribution is 0.191. The molecule has 0 bridgehead atoms. The van der Waals surface area contributed by atoms with Gasteiger partial charge in [-0.05, 0) is 62.0 Å².